The molecule has 1 aliphatic rings. The van der Waals surface area contributed by atoms with Crippen molar-refractivity contribution in [2.24, 2.45) is 5.92 Å². The first-order chi connectivity index (χ1) is 15.7. The van der Waals surface area contributed by atoms with Gasteiger partial charge in [-0.3, -0.25) is 10.1 Å². The highest BCUT2D eigenvalue weighted by Crippen LogP contribution is 2.30. The average molecular weight is 459 g/mol. The van der Waals surface area contributed by atoms with Crippen molar-refractivity contribution in [3.05, 3.63) is 34.3 Å². The first-order valence-electron chi connectivity index (χ1n) is 11.1. The maximum Gasteiger partial charge on any atom is 0.344 e. The minimum Gasteiger partial charge on any atom is -0.462 e. The Bertz CT molecular complexity index is 1020. The molecule has 1 amide bonds. The number of rotatable bonds is 7. The highest BCUT2D eigenvalue weighted by Gasteiger charge is 2.33. The van der Waals surface area contributed by atoms with Crippen molar-refractivity contribution in [3.8, 4) is 0 Å². The first kappa shape index (κ1) is 24.2. The van der Waals surface area contributed by atoms with E-state index in [4.69, 9.17) is 13.9 Å². The van der Waals surface area contributed by atoms with Gasteiger partial charge in [-0.25, -0.2) is 19.6 Å². The molecule has 10 nitrogen and oxygen atoms in total. The summed E-state index contributed by atoms with van der Waals surface area (Å²) < 4.78 is 15.7. The Kier molecular flexibility index (Phi) is 7.67. The topological polar surface area (TPSA) is 124 Å². The summed E-state index contributed by atoms with van der Waals surface area (Å²) in [5, 5.41) is 2.69. The molecule has 178 valence electrons. The number of furan rings is 1. The zero-order valence-electron chi connectivity index (χ0n) is 19.7. The van der Waals surface area contributed by atoms with Crippen molar-refractivity contribution < 1.29 is 28.3 Å². The molecule has 1 N–H and O–H groups in total. The minimum atomic E-state index is -0.755. The lowest BCUT2D eigenvalue weighted by Gasteiger charge is -2.31. The van der Waals surface area contributed by atoms with E-state index >= 15 is 0 Å². The molecule has 0 aromatic carbocycles. The molecule has 3 heterocycles. The number of aromatic nitrogens is 2. The van der Waals surface area contributed by atoms with Gasteiger partial charge in [0.2, 0.25) is 17.7 Å². The van der Waals surface area contributed by atoms with Gasteiger partial charge in [-0.1, -0.05) is 0 Å². The summed E-state index contributed by atoms with van der Waals surface area (Å²) >= 11 is 0. The van der Waals surface area contributed by atoms with Crippen LogP contribution in [0.4, 0.5) is 11.8 Å². The fraction of sp³-hybridized carbons (Fsp3) is 0.522. The number of carbonyl (C=O) groups excluding carboxylic acids is 3. The predicted octanol–water partition coefficient (Wildman–Crippen LogP) is 3.20. The fourth-order valence-electron chi connectivity index (χ4n) is 3.88. The maximum absolute atomic E-state index is 13.0. The lowest BCUT2D eigenvalue weighted by Crippen LogP contribution is -2.39. The molecule has 33 heavy (non-hydrogen) atoms. The molecule has 1 aliphatic heterocycles. The van der Waals surface area contributed by atoms with E-state index in [1.54, 1.807) is 13.8 Å². The van der Waals surface area contributed by atoms with Crippen molar-refractivity contribution in [2.45, 2.75) is 47.5 Å². The van der Waals surface area contributed by atoms with Crippen LogP contribution in [0.3, 0.4) is 0 Å². The number of hydrogen-bond donors (Lipinski definition) is 1. The van der Waals surface area contributed by atoms with Gasteiger partial charge in [0.1, 0.15) is 16.9 Å². The van der Waals surface area contributed by atoms with E-state index in [0.29, 0.717) is 31.9 Å². The van der Waals surface area contributed by atoms with Crippen LogP contribution < -0.4 is 10.2 Å². The van der Waals surface area contributed by atoms with Gasteiger partial charge in [-0.05, 0) is 53.5 Å². The van der Waals surface area contributed by atoms with Crippen LogP contribution in [0.25, 0.3) is 0 Å². The summed E-state index contributed by atoms with van der Waals surface area (Å²) in [5.74, 6) is -1.30. The standard InChI is InChI=1S/C23H30N4O6/c1-6-31-21(29)17-15(5)33-20(18(17)22(30)32-7-2)26-19(28)16-8-10-27(11-9-16)23-24-13(3)12-14(4)25-23/h12,16H,6-11H2,1-5H3,(H,26,28). The zero-order chi connectivity index (χ0) is 24.1. The molecule has 0 radical (unpaired) electrons. The van der Waals surface area contributed by atoms with Crippen LogP contribution in [-0.4, -0.2) is 54.1 Å². The van der Waals surface area contributed by atoms with E-state index in [1.807, 2.05) is 19.9 Å². The van der Waals surface area contributed by atoms with Crippen molar-refractivity contribution in [1.82, 2.24) is 9.97 Å². The van der Waals surface area contributed by atoms with Gasteiger partial charge < -0.3 is 18.8 Å². The second-order valence-corrected chi connectivity index (χ2v) is 7.88. The summed E-state index contributed by atoms with van der Waals surface area (Å²) in [6.45, 7) is 10.2. The number of piperidine rings is 1. The lowest BCUT2D eigenvalue weighted by molar-refractivity contribution is -0.120. The normalized spacial score (nSPS) is 14.2. The summed E-state index contributed by atoms with van der Waals surface area (Å²) in [6.07, 6.45) is 1.17. The Labute approximate surface area is 192 Å². The smallest absolute Gasteiger partial charge is 0.344 e. The molecule has 1 fully saturated rings. The molecule has 0 spiro atoms. The molecule has 3 rings (SSSR count). The first-order valence-corrected chi connectivity index (χ1v) is 11.1. The number of esters is 2. The van der Waals surface area contributed by atoms with Crippen LogP contribution in [0.5, 0.6) is 0 Å². The van der Waals surface area contributed by atoms with E-state index in [9.17, 15) is 14.4 Å². The molecule has 10 heteroatoms. The molecule has 0 aliphatic carbocycles. The van der Waals surface area contributed by atoms with Gasteiger partial charge in [0, 0.05) is 30.4 Å². The van der Waals surface area contributed by atoms with E-state index in [0.717, 1.165) is 11.4 Å². The van der Waals surface area contributed by atoms with Crippen LogP contribution in [0, 0.1) is 26.7 Å². The molecule has 0 saturated carbocycles. The van der Waals surface area contributed by atoms with Crippen LogP contribution in [0.15, 0.2) is 10.5 Å². The average Bonchev–Trinajstić information content (AvgIpc) is 3.09. The van der Waals surface area contributed by atoms with Crippen LogP contribution in [0.1, 0.15) is 64.6 Å². The quantitative estimate of drug-likeness (QED) is 0.623. The van der Waals surface area contributed by atoms with Crippen molar-refractivity contribution in [3.63, 3.8) is 0 Å². The third kappa shape index (κ3) is 5.50. The monoisotopic (exact) mass is 458 g/mol. The Balaban J connectivity index is 1.74. The minimum absolute atomic E-state index is 0.0348. The number of aryl methyl sites for hydroxylation is 3. The largest absolute Gasteiger partial charge is 0.462 e. The van der Waals surface area contributed by atoms with E-state index in [-0.39, 0.29) is 47.8 Å². The van der Waals surface area contributed by atoms with E-state index < -0.39 is 11.9 Å². The molecule has 0 bridgehead atoms. The number of carbonyl (C=O) groups is 3. The highest BCUT2D eigenvalue weighted by molar-refractivity contribution is 6.09. The van der Waals surface area contributed by atoms with Crippen molar-refractivity contribution >= 4 is 29.7 Å². The summed E-state index contributed by atoms with van der Waals surface area (Å²) in [4.78, 5) is 49.0. The second-order valence-electron chi connectivity index (χ2n) is 7.88. The molecule has 2 aromatic heterocycles. The van der Waals surface area contributed by atoms with Crippen LogP contribution >= 0.6 is 0 Å². The Morgan fingerprint density at radius 2 is 1.55 bits per heavy atom. The fourth-order valence-corrected chi connectivity index (χ4v) is 3.88. The third-order valence-corrected chi connectivity index (χ3v) is 5.40. The molecule has 1 saturated heterocycles. The molecule has 2 aromatic rings. The SMILES string of the molecule is CCOC(=O)c1c(C)oc(NC(=O)C2CCN(c3nc(C)cc(C)n3)CC2)c1C(=O)OCC. The predicted molar refractivity (Wildman–Crippen MR) is 120 cm³/mol. The Morgan fingerprint density at radius 3 is 2.09 bits per heavy atom. The Hall–Kier alpha value is -3.43. The van der Waals surface area contributed by atoms with Gasteiger partial charge in [-0.2, -0.15) is 0 Å². The van der Waals surface area contributed by atoms with Crippen LogP contribution in [0.2, 0.25) is 0 Å². The van der Waals surface area contributed by atoms with Crippen LogP contribution in [-0.2, 0) is 14.3 Å². The number of nitrogens with zero attached hydrogens (tertiary/aromatic N) is 3. The highest BCUT2D eigenvalue weighted by atomic mass is 16.5. The number of hydrogen-bond acceptors (Lipinski definition) is 9. The third-order valence-electron chi connectivity index (χ3n) is 5.40. The van der Waals surface area contributed by atoms with Gasteiger partial charge in [0.15, 0.2) is 0 Å². The molecular weight excluding hydrogens is 428 g/mol. The summed E-state index contributed by atoms with van der Waals surface area (Å²) in [5.41, 5.74) is 1.64. The molecular formula is C23H30N4O6. The molecule has 0 atom stereocenters. The van der Waals surface area contributed by atoms with Gasteiger partial charge in [-0.15, -0.1) is 0 Å². The van der Waals surface area contributed by atoms with Crippen molar-refractivity contribution in [1.29, 1.82) is 0 Å². The Morgan fingerprint density at radius 1 is 1.00 bits per heavy atom. The van der Waals surface area contributed by atoms with E-state index in [1.165, 1.54) is 6.92 Å². The van der Waals surface area contributed by atoms with Gasteiger partial charge >= 0.3 is 11.9 Å². The summed E-state index contributed by atoms with van der Waals surface area (Å²) in [6, 6.07) is 1.92. The van der Waals surface area contributed by atoms with Gasteiger partial charge in [0.05, 0.1) is 13.2 Å². The molecule has 0 unspecified atom stereocenters. The number of ether oxygens (including phenoxy) is 2. The second kappa shape index (κ2) is 10.5. The number of nitrogens with one attached hydrogen (secondary N) is 1. The maximum atomic E-state index is 13.0. The van der Waals surface area contributed by atoms with Crippen molar-refractivity contribution in [2.75, 3.05) is 36.5 Å². The zero-order valence-corrected chi connectivity index (χ0v) is 19.7. The lowest BCUT2D eigenvalue weighted by atomic mass is 9.96. The van der Waals surface area contributed by atoms with Gasteiger partial charge in [0.25, 0.3) is 0 Å². The summed E-state index contributed by atoms with van der Waals surface area (Å²) in [7, 11) is 0. The van der Waals surface area contributed by atoms with E-state index in [2.05, 4.69) is 20.2 Å². The number of amides is 1. The number of anilines is 2.